The van der Waals surface area contributed by atoms with Crippen molar-refractivity contribution in [1.82, 2.24) is 14.3 Å². The SMILES string of the molecule is CSCCC(NS(=O)(=O)c1ccccc1)C(=O)Nc1ccc(-c2cn3c(n2)CCCC3)cc1. The molecular formula is C24H28N4O3S2. The Hall–Kier alpha value is -2.62. The van der Waals surface area contributed by atoms with Crippen molar-refractivity contribution in [2.24, 2.45) is 0 Å². The predicted octanol–water partition coefficient (Wildman–Crippen LogP) is 3.93. The monoisotopic (exact) mass is 484 g/mol. The first kappa shape index (κ1) is 23.5. The van der Waals surface area contributed by atoms with Crippen molar-refractivity contribution in [3.05, 3.63) is 66.6 Å². The zero-order chi connectivity index (χ0) is 23.3. The number of thioether (sulfide) groups is 1. The number of aromatic nitrogens is 2. The van der Waals surface area contributed by atoms with E-state index in [4.69, 9.17) is 4.98 Å². The first-order chi connectivity index (χ1) is 16.0. The molecule has 0 bridgehead atoms. The van der Waals surface area contributed by atoms with E-state index in [2.05, 4.69) is 20.8 Å². The smallest absolute Gasteiger partial charge is 0.242 e. The Morgan fingerprint density at radius 2 is 1.88 bits per heavy atom. The lowest BCUT2D eigenvalue weighted by Gasteiger charge is -2.18. The largest absolute Gasteiger partial charge is 0.334 e. The van der Waals surface area contributed by atoms with Crippen LogP contribution in [0.2, 0.25) is 0 Å². The zero-order valence-electron chi connectivity index (χ0n) is 18.5. The fraction of sp³-hybridized carbons (Fsp3) is 0.333. The average Bonchev–Trinajstić information content (AvgIpc) is 3.27. The normalized spacial score (nSPS) is 14.5. The number of fused-ring (bicyclic) bond motifs is 1. The molecule has 4 rings (SSSR count). The second-order valence-electron chi connectivity index (χ2n) is 8.03. The van der Waals surface area contributed by atoms with E-state index in [1.54, 1.807) is 30.0 Å². The Morgan fingerprint density at radius 1 is 1.12 bits per heavy atom. The van der Waals surface area contributed by atoms with Crippen LogP contribution >= 0.6 is 11.8 Å². The van der Waals surface area contributed by atoms with Crippen LogP contribution in [0.3, 0.4) is 0 Å². The molecule has 0 radical (unpaired) electrons. The highest BCUT2D eigenvalue weighted by Crippen LogP contribution is 2.24. The Balaban J connectivity index is 1.45. The van der Waals surface area contributed by atoms with Gasteiger partial charge in [0.25, 0.3) is 0 Å². The van der Waals surface area contributed by atoms with Crippen molar-refractivity contribution in [3.8, 4) is 11.3 Å². The molecule has 1 aliphatic heterocycles. The molecular weight excluding hydrogens is 456 g/mol. The Labute approximate surface area is 199 Å². The van der Waals surface area contributed by atoms with E-state index in [0.717, 1.165) is 30.0 Å². The summed E-state index contributed by atoms with van der Waals surface area (Å²) in [5.74, 6) is 1.39. The average molecular weight is 485 g/mol. The van der Waals surface area contributed by atoms with Gasteiger partial charge in [0.1, 0.15) is 11.9 Å². The minimum atomic E-state index is -3.80. The van der Waals surface area contributed by atoms with Gasteiger partial charge in [-0.3, -0.25) is 4.79 Å². The van der Waals surface area contributed by atoms with E-state index in [1.165, 1.54) is 25.0 Å². The highest BCUT2D eigenvalue weighted by atomic mass is 32.2. The standard InChI is InChI=1S/C24H28N4O3S2/c1-32-16-14-21(27-33(30,31)20-7-3-2-4-8-20)24(29)25-19-12-10-18(11-13-19)22-17-28-15-6-5-9-23(28)26-22/h2-4,7-8,10-13,17,21,27H,5-6,9,14-16H2,1H3,(H,25,29). The van der Waals surface area contributed by atoms with Gasteiger partial charge in [-0.15, -0.1) is 0 Å². The number of hydrogen-bond donors (Lipinski definition) is 2. The van der Waals surface area contributed by atoms with Crippen LogP contribution in [-0.2, 0) is 27.8 Å². The lowest BCUT2D eigenvalue weighted by Crippen LogP contribution is -2.44. The van der Waals surface area contributed by atoms with E-state index in [-0.39, 0.29) is 10.8 Å². The number of amides is 1. The number of benzene rings is 2. The number of carbonyl (C=O) groups is 1. The maximum Gasteiger partial charge on any atom is 0.242 e. The number of nitrogens with one attached hydrogen (secondary N) is 2. The van der Waals surface area contributed by atoms with Crippen molar-refractivity contribution in [1.29, 1.82) is 0 Å². The van der Waals surface area contributed by atoms with E-state index >= 15 is 0 Å². The van der Waals surface area contributed by atoms with Crippen LogP contribution in [0.25, 0.3) is 11.3 Å². The summed E-state index contributed by atoms with van der Waals surface area (Å²) < 4.78 is 30.3. The second-order valence-corrected chi connectivity index (χ2v) is 10.7. The van der Waals surface area contributed by atoms with Gasteiger partial charge in [0.2, 0.25) is 15.9 Å². The maximum atomic E-state index is 13.0. The van der Waals surface area contributed by atoms with Gasteiger partial charge in [0.05, 0.1) is 10.6 Å². The summed E-state index contributed by atoms with van der Waals surface area (Å²) in [4.78, 5) is 17.8. The molecule has 2 aromatic carbocycles. The molecule has 9 heteroatoms. The highest BCUT2D eigenvalue weighted by molar-refractivity contribution is 7.98. The fourth-order valence-corrected chi connectivity index (χ4v) is 5.56. The number of anilines is 1. The van der Waals surface area contributed by atoms with Crippen LogP contribution in [0.15, 0.2) is 65.7 Å². The first-order valence-corrected chi connectivity index (χ1v) is 13.9. The molecule has 0 fully saturated rings. The van der Waals surface area contributed by atoms with Gasteiger partial charge in [-0.05, 0) is 55.5 Å². The lowest BCUT2D eigenvalue weighted by molar-refractivity contribution is -0.117. The van der Waals surface area contributed by atoms with Gasteiger partial charge in [0.15, 0.2) is 0 Å². The Bertz CT molecular complexity index is 1170. The summed E-state index contributed by atoms with van der Waals surface area (Å²) in [5, 5.41) is 2.85. The van der Waals surface area contributed by atoms with Gasteiger partial charge in [-0.25, -0.2) is 13.4 Å². The third kappa shape index (κ3) is 5.85. The number of imidazole rings is 1. The molecule has 1 amide bonds. The molecule has 2 N–H and O–H groups in total. The summed E-state index contributed by atoms with van der Waals surface area (Å²) in [7, 11) is -3.80. The van der Waals surface area contributed by atoms with Crippen LogP contribution in [0.4, 0.5) is 5.69 Å². The second kappa shape index (κ2) is 10.5. The number of aryl methyl sites for hydroxylation is 2. The van der Waals surface area contributed by atoms with Crippen molar-refractivity contribution in [3.63, 3.8) is 0 Å². The summed E-state index contributed by atoms with van der Waals surface area (Å²) in [6.07, 6.45) is 7.75. The minimum Gasteiger partial charge on any atom is -0.334 e. The van der Waals surface area contributed by atoms with E-state index in [9.17, 15) is 13.2 Å². The van der Waals surface area contributed by atoms with Crippen LogP contribution in [0.1, 0.15) is 25.1 Å². The van der Waals surface area contributed by atoms with E-state index in [1.807, 2.05) is 30.5 Å². The topological polar surface area (TPSA) is 93.1 Å². The number of carbonyl (C=O) groups excluding carboxylic acids is 1. The van der Waals surface area contributed by atoms with Crippen molar-refractivity contribution in [2.45, 2.75) is 43.2 Å². The highest BCUT2D eigenvalue weighted by Gasteiger charge is 2.25. The van der Waals surface area contributed by atoms with Crippen molar-refractivity contribution >= 4 is 33.4 Å². The Morgan fingerprint density at radius 3 is 2.58 bits per heavy atom. The van der Waals surface area contributed by atoms with Crippen molar-refractivity contribution in [2.75, 3.05) is 17.3 Å². The van der Waals surface area contributed by atoms with Gasteiger partial charge >= 0.3 is 0 Å². The van der Waals surface area contributed by atoms with Crippen LogP contribution in [0, 0.1) is 0 Å². The molecule has 0 saturated carbocycles. The zero-order valence-corrected chi connectivity index (χ0v) is 20.2. The third-order valence-corrected chi connectivity index (χ3v) is 7.77. The number of sulfonamides is 1. The summed E-state index contributed by atoms with van der Waals surface area (Å²) in [5.41, 5.74) is 2.53. The van der Waals surface area contributed by atoms with Gasteiger partial charge in [-0.1, -0.05) is 30.3 Å². The number of nitrogens with zero attached hydrogens (tertiary/aromatic N) is 2. The molecule has 1 aromatic heterocycles. The van der Waals surface area contributed by atoms with Crippen LogP contribution in [-0.4, -0.2) is 41.9 Å². The van der Waals surface area contributed by atoms with Gasteiger partial charge < -0.3 is 9.88 Å². The lowest BCUT2D eigenvalue weighted by atomic mass is 10.1. The summed E-state index contributed by atoms with van der Waals surface area (Å²) in [6, 6.07) is 14.7. The molecule has 7 nitrogen and oxygen atoms in total. The molecule has 0 aliphatic carbocycles. The molecule has 2 heterocycles. The Kier molecular flexibility index (Phi) is 7.52. The molecule has 33 heavy (non-hydrogen) atoms. The molecule has 1 atom stereocenters. The molecule has 1 aliphatic rings. The van der Waals surface area contributed by atoms with Gasteiger partial charge in [0, 0.05) is 30.4 Å². The van der Waals surface area contributed by atoms with Crippen molar-refractivity contribution < 1.29 is 13.2 Å². The maximum absolute atomic E-state index is 13.0. The fourth-order valence-electron chi connectivity index (χ4n) is 3.84. The quantitative estimate of drug-likeness (QED) is 0.480. The van der Waals surface area contributed by atoms with Crippen LogP contribution < -0.4 is 10.0 Å². The molecule has 3 aromatic rings. The number of rotatable bonds is 9. The molecule has 0 saturated heterocycles. The number of hydrogen-bond acceptors (Lipinski definition) is 5. The predicted molar refractivity (Wildman–Crippen MR) is 133 cm³/mol. The minimum absolute atomic E-state index is 0.138. The summed E-state index contributed by atoms with van der Waals surface area (Å²) >= 11 is 1.56. The van der Waals surface area contributed by atoms with Gasteiger partial charge in [-0.2, -0.15) is 16.5 Å². The van der Waals surface area contributed by atoms with E-state index in [0.29, 0.717) is 17.9 Å². The molecule has 1 unspecified atom stereocenters. The molecule has 174 valence electrons. The first-order valence-electron chi connectivity index (χ1n) is 11.0. The van der Waals surface area contributed by atoms with Crippen LogP contribution in [0.5, 0.6) is 0 Å². The molecule has 0 spiro atoms. The third-order valence-electron chi connectivity index (χ3n) is 5.63. The summed E-state index contributed by atoms with van der Waals surface area (Å²) in [6.45, 7) is 1.01. The van der Waals surface area contributed by atoms with E-state index < -0.39 is 16.1 Å².